The van der Waals surface area contributed by atoms with Crippen molar-refractivity contribution < 1.29 is 0 Å². The lowest BCUT2D eigenvalue weighted by molar-refractivity contribution is 0.769. The van der Waals surface area contributed by atoms with Gasteiger partial charge >= 0.3 is 0 Å². The molecule has 0 N–H and O–H groups in total. The van der Waals surface area contributed by atoms with Crippen molar-refractivity contribution in [2.75, 3.05) is 0 Å². The zero-order valence-electron chi connectivity index (χ0n) is 46.2. The third-order valence-corrected chi connectivity index (χ3v) is 18.8. The molecule has 0 nitrogen and oxygen atoms in total. The molecule has 0 saturated carbocycles. The van der Waals surface area contributed by atoms with Crippen molar-refractivity contribution >= 4 is 43.1 Å². The largest absolute Gasteiger partial charge is 0.0713 e. The minimum Gasteiger partial charge on any atom is -0.0622 e. The lowest BCUT2D eigenvalue weighted by Gasteiger charge is -2.34. The van der Waals surface area contributed by atoms with Gasteiger partial charge in [0.1, 0.15) is 0 Å². The molecule has 0 heteroatoms. The average molecular weight is 1060 g/mol. The van der Waals surface area contributed by atoms with Gasteiger partial charge in [-0.15, -0.1) is 0 Å². The van der Waals surface area contributed by atoms with E-state index in [1.165, 1.54) is 154 Å². The zero-order chi connectivity index (χ0) is 55.3. The molecule has 0 amide bonds. The number of rotatable bonds is 8. The molecular weight excluding hydrogens is 1010 g/mol. The van der Waals surface area contributed by atoms with Crippen molar-refractivity contribution in [3.8, 4) is 66.8 Å². The predicted octanol–water partition coefficient (Wildman–Crippen LogP) is 21.7. The Morgan fingerprint density at radius 3 is 0.869 bits per heavy atom. The van der Waals surface area contributed by atoms with Crippen LogP contribution < -0.4 is 0 Å². The van der Waals surface area contributed by atoms with Crippen molar-refractivity contribution in [2.45, 2.75) is 10.8 Å². The van der Waals surface area contributed by atoms with Crippen molar-refractivity contribution in [1.29, 1.82) is 0 Å². The SMILES string of the molecule is c1ccc(C2(c3ccccc3)c3ccccc3-c3ccc(-c4ccc5c(-c6cccc7ccccc67)c6cc(-c7ccc8c(c7)C(c7ccccc7)(c7ccccc7)c7ccccc7-8)ccc6c(-c6cccc7ccccc67)c5c4)cc32)cc1. The normalized spacial score (nSPS) is 13.4. The summed E-state index contributed by atoms with van der Waals surface area (Å²) in [7, 11) is 0. The van der Waals surface area contributed by atoms with E-state index in [9.17, 15) is 0 Å². The van der Waals surface area contributed by atoms with Crippen LogP contribution in [0.15, 0.2) is 328 Å². The fourth-order valence-electron chi connectivity index (χ4n) is 15.3. The second-order valence-electron chi connectivity index (χ2n) is 22.9. The molecule has 0 unspecified atom stereocenters. The first-order valence-corrected chi connectivity index (χ1v) is 29.4. The molecule has 390 valence electrons. The van der Waals surface area contributed by atoms with E-state index in [4.69, 9.17) is 0 Å². The third-order valence-electron chi connectivity index (χ3n) is 18.8. The molecule has 0 aliphatic heterocycles. The maximum absolute atomic E-state index is 2.51. The van der Waals surface area contributed by atoms with Gasteiger partial charge in [-0.2, -0.15) is 0 Å². The molecule has 15 aromatic rings. The fourth-order valence-corrected chi connectivity index (χ4v) is 15.3. The summed E-state index contributed by atoms with van der Waals surface area (Å²) in [6.45, 7) is 0. The summed E-state index contributed by atoms with van der Waals surface area (Å²) in [5.41, 5.74) is 24.0. The van der Waals surface area contributed by atoms with Gasteiger partial charge in [-0.25, -0.2) is 0 Å². The van der Waals surface area contributed by atoms with Gasteiger partial charge in [0.05, 0.1) is 10.8 Å². The highest BCUT2D eigenvalue weighted by atomic mass is 14.5. The topological polar surface area (TPSA) is 0 Å². The monoisotopic (exact) mass is 1060 g/mol. The summed E-state index contributed by atoms with van der Waals surface area (Å²) in [5, 5.41) is 9.79. The number of fused-ring (bicyclic) bond motifs is 10. The van der Waals surface area contributed by atoms with E-state index in [0.717, 1.165) is 0 Å². The van der Waals surface area contributed by atoms with E-state index in [1.54, 1.807) is 0 Å². The summed E-state index contributed by atoms with van der Waals surface area (Å²) in [5.74, 6) is 0. The zero-order valence-corrected chi connectivity index (χ0v) is 46.2. The standard InChI is InChI=1S/C84H54/c1-5-27-61(28-6-1)83(62-29-7-2-8-30-62)77-41-19-17-37-67(77)69-47-43-59(53-79(69)83)57-45-49-73-75(51-57)81(71-39-21-25-55-23-13-15-35-65(55)71)74-50-46-58(52-76(74)82(73)72-40-22-26-56-24-14-16-36-66(56)72)60-44-48-70-68-38-18-20-42-78(68)84(80(70)54-60,63-31-9-3-10-32-63)64-33-11-4-12-34-64/h1-54H. The van der Waals surface area contributed by atoms with Crippen LogP contribution in [0.25, 0.3) is 110 Å². The van der Waals surface area contributed by atoms with Gasteiger partial charge in [-0.05, 0) is 179 Å². The second-order valence-corrected chi connectivity index (χ2v) is 22.9. The summed E-state index contributed by atoms with van der Waals surface area (Å²) >= 11 is 0. The van der Waals surface area contributed by atoms with Gasteiger partial charge in [0, 0.05) is 0 Å². The lowest BCUT2D eigenvalue weighted by atomic mass is 9.67. The van der Waals surface area contributed by atoms with Crippen LogP contribution in [0.1, 0.15) is 44.5 Å². The molecule has 0 heterocycles. The Balaban J connectivity index is 0.947. The van der Waals surface area contributed by atoms with E-state index in [-0.39, 0.29) is 0 Å². The van der Waals surface area contributed by atoms with E-state index < -0.39 is 10.8 Å². The van der Waals surface area contributed by atoms with Gasteiger partial charge in [-0.1, -0.05) is 303 Å². The maximum Gasteiger partial charge on any atom is 0.0713 e. The fraction of sp³-hybridized carbons (Fsp3) is 0.0238. The molecule has 84 heavy (non-hydrogen) atoms. The summed E-state index contributed by atoms with van der Waals surface area (Å²) in [4.78, 5) is 0. The highest BCUT2D eigenvalue weighted by molar-refractivity contribution is 6.26. The predicted molar refractivity (Wildman–Crippen MR) is 353 cm³/mol. The van der Waals surface area contributed by atoms with E-state index in [0.29, 0.717) is 0 Å². The summed E-state index contributed by atoms with van der Waals surface area (Å²) < 4.78 is 0. The van der Waals surface area contributed by atoms with E-state index in [2.05, 4.69) is 328 Å². The molecule has 0 atom stereocenters. The quantitative estimate of drug-likeness (QED) is 0.133. The lowest BCUT2D eigenvalue weighted by Crippen LogP contribution is -2.28. The minimum atomic E-state index is -0.516. The Hall–Kier alpha value is -10.7. The van der Waals surface area contributed by atoms with Crippen LogP contribution in [0.5, 0.6) is 0 Å². The second kappa shape index (κ2) is 19.0. The van der Waals surface area contributed by atoms with E-state index >= 15 is 0 Å². The highest BCUT2D eigenvalue weighted by Crippen LogP contribution is 2.59. The van der Waals surface area contributed by atoms with Crippen LogP contribution in [0.2, 0.25) is 0 Å². The van der Waals surface area contributed by atoms with Crippen LogP contribution >= 0.6 is 0 Å². The number of hydrogen-bond donors (Lipinski definition) is 0. The van der Waals surface area contributed by atoms with Gasteiger partial charge < -0.3 is 0 Å². The molecule has 0 fully saturated rings. The molecule has 2 aliphatic rings. The van der Waals surface area contributed by atoms with Crippen molar-refractivity contribution in [1.82, 2.24) is 0 Å². The van der Waals surface area contributed by atoms with Crippen LogP contribution in [0, 0.1) is 0 Å². The molecule has 0 radical (unpaired) electrons. The Labute approximate surface area is 489 Å². The van der Waals surface area contributed by atoms with Crippen LogP contribution in [0.3, 0.4) is 0 Å². The molecule has 2 aliphatic carbocycles. The number of hydrogen-bond acceptors (Lipinski definition) is 0. The third kappa shape index (κ3) is 6.95. The summed E-state index contributed by atoms with van der Waals surface area (Å²) in [6, 6.07) is 123. The van der Waals surface area contributed by atoms with Crippen LogP contribution in [-0.4, -0.2) is 0 Å². The first kappa shape index (κ1) is 48.1. The first-order chi connectivity index (χ1) is 41.7. The smallest absolute Gasteiger partial charge is 0.0622 e. The van der Waals surface area contributed by atoms with Gasteiger partial charge in [0.25, 0.3) is 0 Å². The minimum absolute atomic E-state index is 0.516. The molecule has 15 aromatic carbocycles. The van der Waals surface area contributed by atoms with Crippen LogP contribution in [-0.2, 0) is 10.8 Å². The van der Waals surface area contributed by atoms with Crippen molar-refractivity contribution in [3.05, 3.63) is 372 Å². The highest BCUT2D eigenvalue weighted by Gasteiger charge is 2.47. The molecule has 0 bridgehead atoms. The molecule has 0 saturated heterocycles. The van der Waals surface area contributed by atoms with Crippen LogP contribution in [0.4, 0.5) is 0 Å². The molecular formula is C84H54. The van der Waals surface area contributed by atoms with Gasteiger partial charge in [0.2, 0.25) is 0 Å². The van der Waals surface area contributed by atoms with Gasteiger partial charge in [-0.3, -0.25) is 0 Å². The maximum atomic E-state index is 2.51. The number of benzene rings is 15. The first-order valence-electron chi connectivity index (χ1n) is 29.4. The molecule has 17 rings (SSSR count). The Kier molecular flexibility index (Phi) is 10.9. The summed E-state index contributed by atoms with van der Waals surface area (Å²) in [6.07, 6.45) is 0. The van der Waals surface area contributed by atoms with Crippen molar-refractivity contribution in [2.24, 2.45) is 0 Å². The Bertz CT molecular complexity index is 4700. The molecule has 0 aromatic heterocycles. The Morgan fingerprint density at radius 1 is 0.167 bits per heavy atom. The average Bonchev–Trinajstić information content (AvgIpc) is 2.53. The van der Waals surface area contributed by atoms with Gasteiger partial charge in [0.15, 0.2) is 0 Å². The molecule has 0 spiro atoms. The Morgan fingerprint density at radius 2 is 0.464 bits per heavy atom. The van der Waals surface area contributed by atoms with E-state index in [1.807, 2.05) is 0 Å². The van der Waals surface area contributed by atoms with Crippen molar-refractivity contribution in [3.63, 3.8) is 0 Å².